The molecular formula is C17H17BrFN. The van der Waals surface area contributed by atoms with Crippen molar-refractivity contribution in [2.24, 2.45) is 0 Å². The number of nitrogens with one attached hydrogen (secondary N) is 1. The van der Waals surface area contributed by atoms with Crippen LogP contribution in [0.15, 0.2) is 53.0 Å². The molecule has 3 rings (SSSR count). The molecule has 104 valence electrons. The molecule has 0 unspecified atom stereocenters. The summed E-state index contributed by atoms with van der Waals surface area (Å²) >= 11 is 3.56. The molecule has 0 radical (unpaired) electrons. The van der Waals surface area contributed by atoms with Crippen molar-refractivity contribution in [3.05, 3.63) is 69.9 Å². The highest BCUT2D eigenvalue weighted by molar-refractivity contribution is 9.10. The summed E-state index contributed by atoms with van der Waals surface area (Å²) in [7, 11) is 0. The molecule has 1 aliphatic rings. The third-order valence-electron chi connectivity index (χ3n) is 4.00. The lowest BCUT2D eigenvalue weighted by Crippen LogP contribution is -2.39. The quantitative estimate of drug-likeness (QED) is 0.860. The van der Waals surface area contributed by atoms with E-state index in [0.29, 0.717) is 12.0 Å². The van der Waals surface area contributed by atoms with E-state index in [4.69, 9.17) is 0 Å². The Kier molecular flexibility index (Phi) is 4.18. The predicted octanol–water partition coefficient (Wildman–Crippen LogP) is 4.62. The van der Waals surface area contributed by atoms with E-state index in [1.54, 1.807) is 12.1 Å². The van der Waals surface area contributed by atoms with Crippen molar-refractivity contribution in [1.82, 2.24) is 5.32 Å². The van der Waals surface area contributed by atoms with Gasteiger partial charge in [-0.05, 0) is 48.1 Å². The molecule has 0 saturated heterocycles. The van der Waals surface area contributed by atoms with E-state index in [-0.39, 0.29) is 5.82 Å². The first-order valence-corrected chi connectivity index (χ1v) is 7.74. The third kappa shape index (κ3) is 3.10. The van der Waals surface area contributed by atoms with Crippen LogP contribution in [0, 0.1) is 5.82 Å². The lowest BCUT2D eigenvalue weighted by Gasteiger charge is -2.36. The van der Waals surface area contributed by atoms with E-state index in [1.807, 2.05) is 12.1 Å². The van der Waals surface area contributed by atoms with E-state index in [2.05, 4.69) is 39.4 Å². The minimum absolute atomic E-state index is 0.132. The molecule has 0 heterocycles. The van der Waals surface area contributed by atoms with Crippen LogP contribution in [0.3, 0.4) is 0 Å². The normalized spacial score (nSPS) is 21.5. The van der Waals surface area contributed by atoms with Gasteiger partial charge in [0.15, 0.2) is 0 Å². The highest BCUT2D eigenvalue weighted by atomic mass is 79.9. The van der Waals surface area contributed by atoms with Crippen LogP contribution in [0.2, 0.25) is 0 Å². The second-order valence-corrected chi connectivity index (χ2v) is 6.25. The summed E-state index contributed by atoms with van der Waals surface area (Å²) in [4.78, 5) is 0. The lowest BCUT2D eigenvalue weighted by atomic mass is 9.76. The molecule has 0 bridgehead atoms. The molecule has 1 saturated carbocycles. The highest BCUT2D eigenvalue weighted by Gasteiger charge is 2.29. The Bertz CT molecular complexity index is 593. The van der Waals surface area contributed by atoms with Gasteiger partial charge in [-0.2, -0.15) is 0 Å². The van der Waals surface area contributed by atoms with Gasteiger partial charge in [0, 0.05) is 17.1 Å². The number of benzene rings is 2. The van der Waals surface area contributed by atoms with Gasteiger partial charge < -0.3 is 5.32 Å². The Balaban J connectivity index is 1.50. The summed E-state index contributed by atoms with van der Waals surface area (Å²) < 4.78 is 14.3. The maximum absolute atomic E-state index is 13.2. The second kappa shape index (κ2) is 6.06. The van der Waals surface area contributed by atoms with Crippen LogP contribution in [-0.2, 0) is 6.54 Å². The average Bonchev–Trinajstić information content (AvgIpc) is 2.39. The Morgan fingerprint density at radius 3 is 2.65 bits per heavy atom. The van der Waals surface area contributed by atoms with Crippen molar-refractivity contribution < 1.29 is 4.39 Å². The summed E-state index contributed by atoms with van der Waals surface area (Å²) in [5.74, 6) is 0.370. The Morgan fingerprint density at radius 2 is 1.90 bits per heavy atom. The average molecular weight is 334 g/mol. The van der Waals surface area contributed by atoms with Gasteiger partial charge in [-0.15, -0.1) is 0 Å². The maximum atomic E-state index is 13.2. The van der Waals surface area contributed by atoms with Crippen molar-refractivity contribution >= 4 is 15.9 Å². The highest BCUT2D eigenvalue weighted by Crippen LogP contribution is 2.37. The molecule has 1 fully saturated rings. The number of rotatable bonds is 4. The topological polar surface area (TPSA) is 12.0 Å². The Labute approximate surface area is 127 Å². The minimum atomic E-state index is -0.132. The van der Waals surface area contributed by atoms with Gasteiger partial charge in [0.2, 0.25) is 0 Å². The summed E-state index contributed by atoms with van der Waals surface area (Å²) in [6, 6.07) is 15.8. The molecule has 1 N–H and O–H groups in total. The molecule has 1 aliphatic carbocycles. The molecule has 2 aromatic rings. The van der Waals surface area contributed by atoms with Crippen LogP contribution in [0.4, 0.5) is 4.39 Å². The van der Waals surface area contributed by atoms with Crippen LogP contribution in [0.5, 0.6) is 0 Å². The first-order valence-electron chi connectivity index (χ1n) is 6.94. The van der Waals surface area contributed by atoms with Gasteiger partial charge in [-0.3, -0.25) is 0 Å². The molecule has 0 atom stereocenters. The number of hydrogen-bond acceptors (Lipinski definition) is 1. The first-order chi connectivity index (χ1) is 9.72. The zero-order valence-corrected chi connectivity index (χ0v) is 12.7. The van der Waals surface area contributed by atoms with Crippen LogP contribution < -0.4 is 5.32 Å². The molecule has 2 aromatic carbocycles. The summed E-state index contributed by atoms with van der Waals surface area (Å²) in [6.45, 7) is 0.877. The predicted molar refractivity (Wildman–Crippen MR) is 83.1 cm³/mol. The van der Waals surface area contributed by atoms with Gasteiger partial charge in [0.05, 0.1) is 0 Å². The molecule has 20 heavy (non-hydrogen) atoms. The van der Waals surface area contributed by atoms with Gasteiger partial charge >= 0.3 is 0 Å². The molecule has 3 heteroatoms. The van der Waals surface area contributed by atoms with Crippen LogP contribution in [0.25, 0.3) is 0 Å². The lowest BCUT2D eigenvalue weighted by molar-refractivity contribution is 0.289. The van der Waals surface area contributed by atoms with Gasteiger partial charge in [-0.25, -0.2) is 4.39 Å². The molecular weight excluding hydrogens is 317 g/mol. The molecule has 0 amide bonds. The van der Waals surface area contributed by atoms with Gasteiger partial charge in [-0.1, -0.05) is 46.3 Å². The smallest absolute Gasteiger partial charge is 0.123 e. The molecule has 0 aromatic heterocycles. The molecule has 0 spiro atoms. The third-order valence-corrected chi connectivity index (χ3v) is 4.77. The van der Waals surface area contributed by atoms with Crippen molar-refractivity contribution in [2.75, 3.05) is 0 Å². The summed E-state index contributed by atoms with van der Waals surface area (Å²) in [5, 5.41) is 3.57. The monoisotopic (exact) mass is 333 g/mol. The molecule has 0 aliphatic heterocycles. The standard InChI is InChI=1S/C17H17BrFN/c18-17-7-2-1-4-13(17)11-20-16-9-14(10-16)12-5-3-6-15(19)8-12/h1-8,14,16,20H,9-11H2. The van der Waals surface area contributed by atoms with Crippen molar-refractivity contribution in [2.45, 2.75) is 31.3 Å². The van der Waals surface area contributed by atoms with Crippen molar-refractivity contribution in [3.8, 4) is 0 Å². The maximum Gasteiger partial charge on any atom is 0.123 e. The zero-order valence-electron chi connectivity index (χ0n) is 11.2. The van der Waals surface area contributed by atoms with E-state index < -0.39 is 0 Å². The van der Waals surface area contributed by atoms with Crippen LogP contribution >= 0.6 is 15.9 Å². The fraction of sp³-hybridized carbons (Fsp3) is 0.294. The minimum Gasteiger partial charge on any atom is -0.310 e. The number of hydrogen-bond donors (Lipinski definition) is 1. The first kappa shape index (κ1) is 13.8. The summed E-state index contributed by atoms with van der Waals surface area (Å²) in [5.41, 5.74) is 2.41. The molecule has 1 nitrogen and oxygen atoms in total. The van der Waals surface area contributed by atoms with Crippen molar-refractivity contribution in [3.63, 3.8) is 0 Å². The van der Waals surface area contributed by atoms with Gasteiger partial charge in [0.1, 0.15) is 5.82 Å². The van der Waals surface area contributed by atoms with Crippen LogP contribution in [0.1, 0.15) is 29.9 Å². The SMILES string of the molecule is Fc1cccc(C2CC(NCc3ccccc3Br)C2)c1. The van der Waals surface area contributed by atoms with E-state index in [9.17, 15) is 4.39 Å². The van der Waals surface area contributed by atoms with Crippen LogP contribution in [-0.4, -0.2) is 6.04 Å². The largest absolute Gasteiger partial charge is 0.310 e. The van der Waals surface area contributed by atoms with E-state index in [0.717, 1.165) is 29.4 Å². The van der Waals surface area contributed by atoms with Gasteiger partial charge in [0.25, 0.3) is 0 Å². The fourth-order valence-electron chi connectivity index (χ4n) is 2.71. The fourth-order valence-corrected chi connectivity index (χ4v) is 3.14. The van der Waals surface area contributed by atoms with E-state index in [1.165, 1.54) is 11.6 Å². The van der Waals surface area contributed by atoms with Crippen molar-refractivity contribution in [1.29, 1.82) is 0 Å². The Hall–Kier alpha value is -1.19. The van der Waals surface area contributed by atoms with E-state index >= 15 is 0 Å². The summed E-state index contributed by atoms with van der Waals surface area (Å²) in [6.07, 6.45) is 2.18. The number of halogens is 2. The Morgan fingerprint density at radius 1 is 1.10 bits per heavy atom. The second-order valence-electron chi connectivity index (χ2n) is 5.39. The zero-order chi connectivity index (χ0) is 13.9.